The fourth-order valence-electron chi connectivity index (χ4n) is 1.90. The number of hydrogen-bond donors (Lipinski definition) is 0. The van der Waals surface area contributed by atoms with Crippen molar-refractivity contribution in [3.63, 3.8) is 0 Å². The molecule has 0 aliphatic carbocycles. The summed E-state index contributed by atoms with van der Waals surface area (Å²) in [6, 6.07) is 7.82. The lowest BCUT2D eigenvalue weighted by atomic mass is 10.0. The summed E-state index contributed by atoms with van der Waals surface area (Å²) in [6.07, 6.45) is 1.80. The van der Waals surface area contributed by atoms with Crippen LogP contribution in [0.4, 0.5) is 0 Å². The molecule has 1 aromatic rings. The highest BCUT2D eigenvalue weighted by atomic mass is 16.1. The predicted octanol–water partition coefficient (Wildman–Crippen LogP) is 3.55. The predicted molar refractivity (Wildman–Crippen MR) is 77.1 cm³/mol. The van der Waals surface area contributed by atoms with Crippen molar-refractivity contribution in [2.45, 2.75) is 33.6 Å². The number of ketones is 1. The molecule has 0 saturated heterocycles. The van der Waals surface area contributed by atoms with Gasteiger partial charge in [0.1, 0.15) is 0 Å². The third-order valence-electron chi connectivity index (χ3n) is 3.25. The van der Waals surface area contributed by atoms with E-state index in [1.165, 1.54) is 6.42 Å². The normalized spacial score (nSPS) is 11.2. The molecular weight excluding hydrogens is 222 g/mol. The summed E-state index contributed by atoms with van der Waals surface area (Å²) in [4.78, 5) is 14.3. The Hall–Kier alpha value is -1.15. The molecule has 0 N–H and O–H groups in total. The van der Waals surface area contributed by atoms with Crippen LogP contribution in [0.5, 0.6) is 0 Å². The maximum Gasteiger partial charge on any atom is 0.164 e. The first kappa shape index (κ1) is 14.9. The van der Waals surface area contributed by atoms with Crippen LogP contribution in [0.15, 0.2) is 24.3 Å². The molecule has 0 aromatic heterocycles. The third-order valence-corrected chi connectivity index (χ3v) is 3.25. The maximum absolute atomic E-state index is 12.1. The van der Waals surface area contributed by atoms with Gasteiger partial charge < -0.3 is 4.90 Å². The van der Waals surface area contributed by atoms with Crippen molar-refractivity contribution in [3.05, 3.63) is 35.4 Å². The van der Waals surface area contributed by atoms with Gasteiger partial charge in [0, 0.05) is 18.5 Å². The molecule has 0 spiro atoms. The summed E-state index contributed by atoms with van der Waals surface area (Å²) < 4.78 is 0. The van der Waals surface area contributed by atoms with Crippen LogP contribution in [0.3, 0.4) is 0 Å². The van der Waals surface area contributed by atoms with E-state index in [9.17, 15) is 4.79 Å². The van der Waals surface area contributed by atoms with Gasteiger partial charge in [0.05, 0.1) is 0 Å². The molecule has 1 aromatic carbocycles. The smallest absolute Gasteiger partial charge is 0.164 e. The molecular formula is C16H25NO. The van der Waals surface area contributed by atoms with Crippen LogP contribution >= 0.6 is 0 Å². The van der Waals surface area contributed by atoms with Crippen LogP contribution in [0.1, 0.15) is 42.6 Å². The average Bonchev–Trinajstić information content (AvgIpc) is 2.34. The first-order chi connectivity index (χ1) is 8.50. The Kier molecular flexibility index (Phi) is 6.06. The number of aryl methyl sites for hydroxylation is 1. The van der Waals surface area contributed by atoms with E-state index in [-0.39, 0.29) is 5.78 Å². The lowest BCUT2D eigenvalue weighted by Crippen LogP contribution is -2.24. The Bertz CT molecular complexity index is 384. The number of benzene rings is 1. The van der Waals surface area contributed by atoms with Crippen molar-refractivity contribution in [3.8, 4) is 0 Å². The van der Waals surface area contributed by atoms with Crippen molar-refractivity contribution in [1.82, 2.24) is 4.90 Å². The van der Waals surface area contributed by atoms with Gasteiger partial charge in [-0.2, -0.15) is 0 Å². The van der Waals surface area contributed by atoms with Gasteiger partial charge in [-0.3, -0.25) is 4.79 Å². The zero-order valence-electron chi connectivity index (χ0n) is 12.1. The molecule has 0 aliphatic rings. The van der Waals surface area contributed by atoms with Gasteiger partial charge in [0.15, 0.2) is 5.78 Å². The minimum Gasteiger partial charge on any atom is -0.306 e. The van der Waals surface area contributed by atoms with Crippen LogP contribution in [0.25, 0.3) is 0 Å². The van der Waals surface area contributed by atoms with Crippen molar-refractivity contribution >= 4 is 5.78 Å². The molecule has 0 aliphatic heterocycles. The monoisotopic (exact) mass is 247 g/mol. The van der Waals surface area contributed by atoms with Gasteiger partial charge in [0.2, 0.25) is 0 Å². The van der Waals surface area contributed by atoms with E-state index in [1.54, 1.807) is 0 Å². The molecule has 2 heteroatoms. The van der Waals surface area contributed by atoms with Gasteiger partial charge in [-0.15, -0.1) is 0 Å². The summed E-state index contributed by atoms with van der Waals surface area (Å²) >= 11 is 0. The molecule has 0 fully saturated rings. The lowest BCUT2D eigenvalue weighted by molar-refractivity contribution is 0.0968. The molecule has 0 radical (unpaired) electrons. The molecule has 0 atom stereocenters. The first-order valence-corrected chi connectivity index (χ1v) is 6.78. The highest BCUT2D eigenvalue weighted by molar-refractivity contribution is 5.97. The van der Waals surface area contributed by atoms with Crippen LogP contribution in [0.2, 0.25) is 0 Å². The molecule has 2 nitrogen and oxygen atoms in total. The van der Waals surface area contributed by atoms with Gasteiger partial charge >= 0.3 is 0 Å². The minimum atomic E-state index is 0.254. The SMILES string of the molecule is Cc1ccccc1C(=O)CCN(C)CCC(C)C. The summed E-state index contributed by atoms with van der Waals surface area (Å²) in [5.74, 6) is 0.976. The molecule has 0 heterocycles. The lowest BCUT2D eigenvalue weighted by Gasteiger charge is -2.17. The van der Waals surface area contributed by atoms with E-state index >= 15 is 0 Å². The van der Waals surface area contributed by atoms with Crippen molar-refractivity contribution in [2.24, 2.45) is 5.92 Å². The number of rotatable bonds is 7. The van der Waals surface area contributed by atoms with E-state index in [2.05, 4.69) is 25.8 Å². The Morgan fingerprint density at radius 3 is 2.50 bits per heavy atom. The highest BCUT2D eigenvalue weighted by Gasteiger charge is 2.09. The zero-order chi connectivity index (χ0) is 13.5. The third kappa shape index (κ3) is 5.01. The van der Waals surface area contributed by atoms with Gasteiger partial charge in [-0.25, -0.2) is 0 Å². The van der Waals surface area contributed by atoms with E-state index in [0.717, 1.165) is 30.1 Å². The van der Waals surface area contributed by atoms with Crippen molar-refractivity contribution < 1.29 is 4.79 Å². The van der Waals surface area contributed by atoms with Gasteiger partial charge in [-0.05, 0) is 38.4 Å². The number of Topliss-reactive ketones (excluding diaryl/α,β-unsaturated/α-hetero) is 1. The van der Waals surface area contributed by atoms with E-state index in [0.29, 0.717) is 6.42 Å². The topological polar surface area (TPSA) is 20.3 Å². The molecule has 1 rings (SSSR count). The highest BCUT2D eigenvalue weighted by Crippen LogP contribution is 2.10. The number of hydrogen-bond acceptors (Lipinski definition) is 2. The summed E-state index contributed by atoms with van der Waals surface area (Å²) in [5, 5.41) is 0. The summed E-state index contributed by atoms with van der Waals surface area (Å²) in [5.41, 5.74) is 1.95. The fourth-order valence-corrected chi connectivity index (χ4v) is 1.90. The molecule has 100 valence electrons. The van der Waals surface area contributed by atoms with Crippen LogP contribution in [-0.2, 0) is 0 Å². The molecule has 0 unspecified atom stereocenters. The Morgan fingerprint density at radius 2 is 1.89 bits per heavy atom. The molecule has 0 amide bonds. The standard InChI is InChI=1S/C16H25NO/c1-13(2)9-11-17(4)12-10-16(18)15-8-6-5-7-14(15)3/h5-8,13H,9-12H2,1-4H3. The zero-order valence-corrected chi connectivity index (χ0v) is 12.1. The second-order valence-corrected chi connectivity index (χ2v) is 5.47. The van der Waals surface area contributed by atoms with Crippen LogP contribution < -0.4 is 0 Å². The van der Waals surface area contributed by atoms with Crippen molar-refractivity contribution in [2.75, 3.05) is 20.1 Å². The van der Waals surface area contributed by atoms with E-state index in [1.807, 2.05) is 31.2 Å². The van der Waals surface area contributed by atoms with E-state index < -0.39 is 0 Å². The largest absolute Gasteiger partial charge is 0.306 e. The number of nitrogens with zero attached hydrogens (tertiary/aromatic N) is 1. The number of carbonyl (C=O) groups is 1. The van der Waals surface area contributed by atoms with Crippen LogP contribution in [0, 0.1) is 12.8 Å². The second kappa shape index (κ2) is 7.32. The van der Waals surface area contributed by atoms with Gasteiger partial charge in [0.25, 0.3) is 0 Å². The van der Waals surface area contributed by atoms with Gasteiger partial charge in [-0.1, -0.05) is 38.1 Å². The maximum atomic E-state index is 12.1. The van der Waals surface area contributed by atoms with Crippen molar-refractivity contribution in [1.29, 1.82) is 0 Å². The second-order valence-electron chi connectivity index (χ2n) is 5.47. The Labute approximate surface area is 111 Å². The number of carbonyl (C=O) groups excluding carboxylic acids is 1. The molecule has 0 saturated carbocycles. The summed E-state index contributed by atoms with van der Waals surface area (Å²) in [6.45, 7) is 8.37. The quantitative estimate of drug-likeness (QED) is 0.687. The fraction of sp³-hybridized carbons (Fsp3) is 0.562. The minimum absolute atomic E-state index is 0.254. The first-order valence-electron chi connectivity index (χ1n) is 6.78. The Morgan fingerprint density at radius 1 is 1.22 bits per heavy atom. The van der Waals surface area contributed by atoms with E-state index in [4.69, 9.17) is 0 Å². The molecule has 0 bridgehead atoms. The summed E-state index contributed by atoms with van der Waals surface area (Å²) in [7, 11) is 2.09. The molecule has 18 heavy (non-hydrogen) atoms. The van der Waals surface area contributed by atoms with Crippen LogP contribution in [-0.4, -0.2) is 30.8 Å². The Balaban J connectivity index is 2.40. The average molecular weight is 247 g/mol.